The lowest BCUT2D eigenvalue weighted by Gasteiger charge is -2.02. The lowest BCUT2D eigenvalue weighted by Crippen LogP contribution is -1.78. The molecule has 0 aliphatic rings. The first-order chi connectivity index (χ1) is 13.9. The van der Waals surface area contributed by atoms with Crippen LogP contribution in [0.3, 0.4) is 0 Å². The SMILES string of the molecule is c1ccc2c(c1)ccc1c2oc2c3ccccc3c3[nH]c4ccccc4c3c12. The highest BCUT2D eigenvalue weighted by Gasteiger charge is 2.19. The van der Waals surface area contributed by atoms with Crippen molar-refractivity contribution >= 4 is 65.3 Å². The number of fused-ring (bicyclic) bond motifs is 12. The average Bonchev–Trinajstić information content (AvgIpc) is 3.33. The second-order valence-corrected chi connectivity index (χ2v) is 7.44. The predicted octanol–water partition coefficient (Wildman–Crippen LogP) is 7.53. The molecule has 1 N–H and O–H groups in total. The van der Waals surface area contributed by atoms with Gasteiger partial charge in [0.2, 0.25) is 0 Å². The van der Waals surface area contributed by atoms with Crippen molar-refractivity contribution in [2.75, 3.05) is 0 Å². The Kier molecular flexibility index (Phi) is 2.52. The van der Waals surface area contributed by atoms with E-state index in [2.05, 4.69) is 89.9 Å². The Balaban J connectivity index is 1.90. The Morgan fingerprint density at radius 1 is 0.500 bits per heavy atom. The first kappa shape index (κ1) is 14.3. The van der Waals surface area contributed by atoms with E-state index < -0.39 is 0 Å². The van der Waals surface area contributed by atoms with Gasteiger partial charge in [-0.05, 0) is 17.5 Å². The standard InChI is InChI=1S/C26H15NO/c1-2-8-16-15(7-1)13-14-20-23-22-19-11-5-6-12-21(19)27-24(22)17-9-3-4-10-18(17)26(23)28-25(16)20/h1-14,27H. The van der Waals surface area contributed by atoms with E-state index in [9.17, 15) is 0 Å². The van der Waals surface area contributed by atoms with Crippen LogP contribution in [0.5, 0.6) is 0 Å². The molecule has 0 amide bonds. The minimum absolute atomic E-state index is 0.969. The van der Waals surface area contributed by atoms with E-state index in [1.165, 1.54) is 37.8 Å². The van der Waals surface area contributed by atoms with Gasteiger partial charge in [-0.25, -0.2) is 0 Å². The third-order valence-corrected chi connectivity index (χ3v) is 5.98. The summed E-state index contributed by atoms with van der Waals surface area (Å²) in [6.07, 6.45) is 0. The number of H-pyrrole nitrogens is 1. The zero-order valence-electron chi connectivity index (χ0n) is 15.0. The Labute approximate surface area is 160 Å². The van der Waals surface area contributed by atoms with Crippen molar-refractivity contribution in [3.05, 3.63) is 84.9 Å². The second kappa shape index (κ2) is 4.93. The van der Waals surface area contributed by atoms with Gasteiger partial charge in [0, 0.05) is 43.2 Å². The molecule has 0 aliphatic heterocycles. The van der Waals surface area contributed by atoms with Crippen LogP contribution < -0.4 is 0 Å². The van der Waals surface area contributed by atoms with Crippen molar-refractivity contribution in [1.29, 1.82) is 0 Å². The summed E-state index contributed by atoms with van der Waals surface area (Å²) in [6, 6.07) is 29.9. The fraction of sp³-hybridized carbons (Fsp3) is 0. The van der Waals surface area contributed by atoms with Gasteiger partial charge in [0.1, 0.15) is 11.2 Å². The van der Waals surface area contributed by atoms with E-state index in [1.807, 2.05) is 0 Å². The van der Waals surface area contributed by atoms with Crippen LogP contribution in [-0.4, -0.2) is 4.98 Å². The molecule has 2 heterocycles. The molecule has 28 heavy (non-hydrogen) atoms. The van der Waals surface area contributed by atoms with E-state index >= 15 is 0 Å². The van der Waals surface area contributed by atoms with Crippen LogP contribution in [0.15, 0.2) is 89.3 Å². The topological polar surface area (TPSA) is 28.9 Å². The van der Waals surface area contributed by atoms with E-state index in [0.29, 0.717) is 0 Å². The van der Waals surface area contributed by atoms with Crippen molar-refractivity contribution in [2.24, 2.45) is 0 Å². The van der Waals surface area contributed by atoms with Gasteiger partial charge in [-0.1, -0.05) is 72.8 Å². The van der Waals surface area contributed by atoms with Gasteiger partial charge in [-0.15, -0.1) is 0 Å². The average molecular weight is 357 g/mol. The predicted molar refractivity (Wildman–Crippen MR) is 118 cm³/mol. The van der Waals surface area contributed by atoms with Gasteiger partial charge in [-0.3, -0.25) is 0 Å². The molecule has 0 saturated carbocycles. The van der Waals surface area contributed by atoms with Crippen molar-refractivity contribution in [3.63, 3.8) is 0 Å². The number of aromatic amines is 1. The minimum Gasteiger partial charge on any atom is -0.455 e. The lowest BCUT2D eigenvalue weighted by molar-refractivity contribution is 0.676. The molecule has 2 heteroatoms. The summed E-state index contributed by atoms with van der Waals surface area (Å²) in [7, 11) is 0. The molecule has 2 aromatic heterocycles. The summed E-state index contributed by atoms with van der Waals surface area (Å²) in [6.45, 7) is 0. The molecular formula is C26H15NO. The number of para-hydroxylation sites is 1. The van der Waals surface area contributed by atoms with E-state index in [0.717, 1.165) is 27.5 Å². The summed E-state index contributed by atoms with van der Waals surface area (Å²) < 4.78 is 6.59. The number of furan rings is 1. The summed E-state index contributed by atoms with van der Waals surface area (Å²) in [5, 5.41) is 9.58. The molecule has 0 unspecified atom stereocenters. The number of rotatable bonds is 0. The molecule has 0 fully saturated rings. The second-order valence-electron chi connectivity index (χ2n) is 7.44. The van der Waals surface area contributed by atoms with Crippen molar-refractivity contribution in [3.8, 4) is 0 Å². The highest BCUT2D eigenvalue weighted by atomic mass is 16.3. The zero-order chi connectivity index (χ0) is 18.2. The molecule has 0 aliphatic carbocycles. The Hall–Kier alpha value is -3.78. The summed E-state index contributed by atoms with van der Waals surface area (Å²) in [5.41, 5.74) is 4.28. The van der Waals surface area contributed by atoms with Gasteiger partial charge in [-0.2, -0.15) is 0 Å². The third-order valence-electron chi connectivity index (χ3n) is 5.98. The normalized spacial score (nSPS) is 12.3. The molecule has 0 atom stereocenters. The molecule has 2 nitrogen and oxygen atoms in total. The van der Waals surface area contributed by atoms with Gasteiger partial charge in [0.15, 0.2) is 0 Å². The van der Waals surface area contributed by atoms with Crippen LogP contribution in [0.25, 0.3) is 65.3 Å². The number of hydrogen-bond donors (Lipinski definition) is 1. The van der Waals surface area contributed by atoms with Gasteiger partial charge in [0.05, 0.1) is 5.52 Å². The molecule has 5 aromatic carbocycles. The van der Waals surface area contributed by atoms with Gasteiger partial charge in [0.25, 0.3) is 0 Å². The van der Waals surface area contributed by atoms with E-state index in [-0.39, 0.29) is 0 Å². The lowest BCUT2D eigenvalue weighted by atomic mass is 9.98. The fourth-order valence-corrected chi connectivity index (χ4v) is 4.77. The van der Waals surface area contributed by atoms with Crippen molar-refractivity contribution < 1.29 is 4.42 Å². The molecule has 130 valence electrons. The maximum absolute atomic E-state index is 6.59. The molecular weight excluding hydrogens is 342 g/mol. The van der Waals surface area contributed by atoms with Crippen LogP contribution in [0, 0.1) is 0 Å². The quantitative estimate of drug-likeness (QED) is 0.299. The van der Waals surface area contributed by atoms with E-state index in [4.69, 9.17) is 4.42 Å². The van der Waals surface area contributed by atoms with Crippen LogP contribution in [0.2, 0.25) is 0 Å². The van der Waals surface area contributed by atoms with Gasteiger partial charge >= 0.3 is 0 Å². The van der Waals surface area contributed by atoms with E-state index in [1.54, 1.807) is 0 Å². The highest BCUT2D eigenvalue weighted by Crippen LogP contribution is 2.44. The van der Waals surface area contributed by atoms with Gasteiger partial charge < -0.3 is 9.40 Å². The van der Waals surface area contributed by atoms with Crippen molar-refractivity contribution in [2.45, 2.75) is 0 Å². The van der Waals surface area contributed by atoms with Crippen LogP contribution >= 0.6 is 0 Å². The summed E-state index contributed by atoms with van der Waals surface area (Å²) in [5.74, 6) is 0. The fourth-order valence-electron chi connectivity index (χ4n) is 4.77. The van der Waals surface area contributed by atoms with Crippen molar-refractivity contribution in [1.82, 2.24) is 4.98 Å². The smallest absolute Gasteiger partial charge is 0.144 e. The van der Waals surface area contributed by atoms with Crippen LogP contribution in [0.4, 0.5) is 0 Å². The first-order valence-electron chi connectivity index (χ1n) is 9.55. The summed E-state index contributed by atoms with van der Waals surface area (Å²) in [4.78, 5) is 3.66. The number of hydrogen-bond acceptors (Lipinski definition) is 1. The number of aromatic nitrogens is 1. The molecule has 0 bridgehead atoms. The monoisotopic (exact) mass is 357 g/mol. The van der Waals surface area contributed by atoms with Crippen LogP contribution in [-0.2, 0) is 0 Å². The molecule has 0 spiro atoms. The molecule has 7 rings (SSSR count). The largest absolute Gasteiger partial charge is 0.455 e. The number of benzene rings is 5. The maximum atomic E-state index is 6.59. The maximum Gasteiger partial charge on any atom is 0.144 e. The molecule has 0 saturated heterocycles. The summed E-state index contributed by atoms with van der Waals surface area (Å²) >= 11 is 0. The Morgan fingerprint density at radius 3 is 2.11 bits per heavy atom. The number of nitrogens with one attached hydrogen (secondary N) is 1. The third kappa shape index (κ3) is 1.64. The highest BCUT2D eigenvalue weighted by molar-refractivity contribution is 6.36. The minimum atomic E-state index is 0.969. The zero-order valence-corrected chi connectivity index (χ0v) is 15.0. The first-order valence-corrected chi connectivity index (χ1v) is 9.55. The Bertz CT molecular complexity index is 1720. The van der Waals surface area contributed by atoms with Crippen LogP contribution in [0.1, 0.15) is 0 Å². The molecule has 7 aromatic rings. The Morgan fingerprint density at radius 2 is 1.21 bits per heavy atom. The molecule has 0 radical (unpaired) electrons.